The van der Waals surface area contributed by atoms with Gasteiger partial charge in [0, 0.05) is 6.20 Å². The van der Waals surface area contributed by atoms with Crippen LogP contribution in [0.15, 0.2) is 24.4 Å². The molecule has 2 aromatic rings. The van der Waals surface area contributed by atoms with Gasteiger partial charge in [-0.1, -0.05) is 6.07 Å². The average molecular weight is 359 g/mol. The molecule has 0 unspecified atom stereocenters. The molecule has 1 amide bonds. The van der Waals surface area contributed by atoms with Gasteiger partial charge in [0.15, 0.2) is 11.6 Å². The molecule has 1 aromatic heterocycles. The summed E-state index contributed by atoms with van der Waals surface area (Å²) in [6.07, 6.45) is 2.23. The lowest BCUT2D eigenvalue weighted by atomic mass is 9.75. The zero-order valence-electron chi connectivity index (χ0n) is 15.0. The van der Waals surface area contributed by atoms with Crippen molar-refractivity contribution in [1.82, 2.24) is 15.3 Å². The molecule has 0 bridgehead atoms. The summed E-state index contributed by atoms with van der Waals surface area (Å²) in [7, 11) is 1.40. The topological polar surface area (TPSA) is 84.3 Å². The number of aliphatic hydroxyl groups is 1. The van der Waals surface area contributed by atoms with Crippen molar-refractivity contribution in [3.05, 3.63) is 52.9 Å². The number of aryl methyl sites for hydroxylation is 2. The molecule has 0 aliphatic heterocycles. The Morgan fingerprint density at radius 2 is 2.12 bits per heavy atom. The second kappa shape index (κ2) is 7.37. The monoisotopic (exact) mass is 359 g/mol. The van der Waals surface area contributed by atoms with Crippen LogP contribution in [0.5, 0.6) is 5.75 Å². The summed E-state index contributed by atoms with van der Waals surface area (Å²) in [6, 6.07) is 4.23. The minimum Gasteiger partial charge on any atom is -0.494 e. The number of amides is 1. The zero-order valence-corrected chi connectivity index (χ0v) is 15.0. The molecule has 26 heavy (non-hydrogen) atoms. The quantitative estimate of drug-likeness (QED) is 0.857. The van der Waals surface area contributed by atoms with Crippen LogP contribution in [0.25, 0.3) is 0 Å². The molecular formula is C19H22FN3O3. The van der Waals surface area contributed by atoms with E-state index in [1.807, 2.05) is 0 Å². The zero-order chi connectivity index (χ0) is 18.8. The molecule has 3 rings (SSSR count). The first-order valence-corrected chi connectivity index (χ1v) is 8.51. The van der Waals surface area contributed by atoms with Crippen LogP contribution in [0.4, 0.5) is 4.39 Å². The van der Waals surface area contributed by atoms with E-state index in [-0.39, 0.29) is 23.7 Å². The number of benzene rings is 1. The number of hydrogen-bond acceptors (Lipinski definition) is 5. The Kier molecular flexibility index (Phi) is 5.18. The molecule has 0 spiro atoms. The van der Waals surface area contributed by atoms with E-state index in [0.717, 1.165) is 0 Å². The molecule has 2 N–H and O–H groups in total. The largest absolute Gasteiger partial charge is 0.494 e. The second-order valence-corrected chi connectivity index (χ2v) is 6.65. The van der Waals surface area contributed by atoms with Crippen LogP contribution < -0.4 is 10.1 Å². The van der Waals surface area contributed by atoms with E-state index in [0.29, 0.717) is 35.5 Å². The van der Waals surface area contributed by atoms with Gasteiger partial charge in [0.1, 0.15) is 5.82 Å². The number of halogens is 1. The third-order valence-electron chi connectivity index (χ3n) is 4.79. The highest BCUT2D eigenvalue weighted by atomic mass is 19.1. The number of ether oxygens (including phenoxy) is 1. The smallest absolute Gasteiger partial charge is 0.255 e. The Hall–Kier alpha value is -2.54. The summed E-state index contributed by atoms with van der Waals surface area (Å²) in [5.41, 5.74) is 1.61. The summed E-state index contributed by atoms with van der Waals surface area (Å²) in [6.45, 7) is 3.51. The van der Waals surface area contributed by atoms with Gasteiger partial charge in [0.05, 0.1) is 30.5 Å². The molecule has 0 radical (unpaired) electrons. The summed E-state index contributed by atoms with van der Waals surface area (Å²) in [5, 5.41) is 12.6. The van der Waals surface area contributed by atoms with E-state index in [1.54, 1.807) is 26.0 Å². The number of hydrogen-bond donors (Lipinski definition) is 2. The van der Waals surface area contributed by atoms with Gasteiger partial charge in [-0.15, -0.1) is 0 Å². The maximum atomic E-state index is 14.1. The number of nitrogens with zero attached hydrogens (tertiary/aromatic N) is 2. The first kappa shape index (κ1) is 18.3. The van der Waals surface area contributed by atoms with Gasteiger partial charge in [-0.05, 0) is 50.3 Å². The lowest BCUT2D eigenvalue weighted by Crippen LogP contribution is -2.41. The number of carbonyl (C=O) groups excluding carboxylic acids is 1. The van der Waals surface area contributed by atoms with Crippen LogP contribution in [-0.4, -0.2) is 34.2 Å². The van der Waals surface area contributed by atoms with Crippen LogP contribution in [0, 0.1) is 25.6 Å². The van der Waals surface area contributed by atoms with E-state index in [1.165, 1.54) is 19.4 Å². The van der Waals surface area contributed by atoms with Crippen molar-refractivity contribution < 1.29 is 19.0 Å². The van der Waals surface area contributed by atoms with Crippen LogP contribution >= 0.6 is 0 Å². The lowest BCUT2D eigenvalue weighted by Gasteiger charge is -2.38. The fraction of sp³-hybridized carbons (Fsp3) is 0.421. The Labute approximate surface area is 151 Å². The minimum absolute atomic E-state index is 0.0356. The molecule has 0 saturated heterocycles. The maximum absolute atomic E-state index is 14.1. The third kappa shape index (κ3) is 3.67. The van der Waals surface area contributed by atoms with E-state index >= 15 is 0 Å². The highest BCUT2D eigenvalue weighted by Gasteiger charge is 2.36. The first-order chi connectivity index (χ1) is 12.4. The summed E-state index contributed by atoms with van der Waals surface area (Å²) in [5.74, 6) is -0.0253. The SMILES string of the molecule is COc1ccc([C@@H](NC(=O)c2cnc(C)nc2C)C2CC(O)C2)cc1F. The van der Waals surface area contributed by atoms with Gasteiger partial charge in [-0.2, -0.15) is 0 Å². The van der Waals surface area contributed by atoms with Gasteiger partial charge in [-0.25, -0.2) is 14.4 Å². The number of nitrogens with one attached hydrogen (secondary N) is 1. The molecule has 6 nitrogen and oxygen atoms in total. The van der Waals surface area contributed by atoms with Crippen LogP contribution in [0.1, 0.15) is 46.3 Å². The Morgan fingerprint density at radius 3 is 2.69 bits per heavy atom. The van der Waals surface area contributed by atoms with E-state index in [9.17, 15) is 14.3 Å². The first-order valence-electron chi connectivity index (χ1n) is 8.51. The Balaban J connectivity index is 1.87. The molecule has 1 aromatic carbocycles. The van der Waals surface area contributed by atoms with Gasteiger partial charge in [0.2, 0.25) is 0 Å². The van der Waals surface area contributed by atoms with Gasteiger partial charge < -0.3 is 15.2 Å². The molecule has 7 heteroatoms. The van der Waals surface area contributed by atoms with Gasteiger partial charge >= 0.3 is 0 Å². The number of rotatable bonds is 5. The van der Waals surface area contributed by atoms with E-state index in [4.69, 9.17) is 4.74 Å². The molecule has 1 heterocycles. The van der Waals surface area contributed by atoms with Crippen LogP contribution in [0.3, 0.4) is 0 Å². The lowest BCUT2D eigenvalue weighted by molar-refractivity contribution is 0.0234. The number of carbonyl (C=O) groups is 1. The highest BCUT2D eigenvalue weighted by Crippen LogP contribution is 2.39. The normalized spacial score (nSPS) is 20.2. The Bertz CT molecular complexity index is 822. The van der Waals surface area contributed by atoms with Gasteiger partial charge in [-0.3, -0.25) is 4.79 Å². The fourth-order valence-corrected chi connectivity index (χ4v) is 3.28. The predicted octanol–water partition coefficient (Wildman–Crippen LogP) is 2.48. The molecule has 138 valence electrons. The maximum Gasteiger partial charge on any atom is 0.255 e. The Morgan fingerprint density at radius 1 is 1.38 bits per heavy atom. The number of aromatic nitrogens is 2. The molecule has 1 fully saturated rings. The summed E-state index contributed by atoms with van der Waals surface area (Å²) >= 11 is 0. The van der Waals surface area contributed by atoms with Crippen molar-refractivity contribution in [1.29, 1.82) is 0 Å². The van der Waals surface area contributed by atoms with E-state index < -0.39 is 11.9 Å². The van der Waals surface area contributed by atoms with E-state index in [2.05, 4.69) is 15.3 Å². The molecule has 1 aliphatic rings. The summed E-state index contributed by atoms with van der Waals surface area (Å²) in [4.78, 5) is 21.0. The van der Waals surface area contributed by atoms with Crippen molar-refractivity contribution in [2.75, 3.05) is 7.11 Å². The van der Waals surface area contributed by atoms with Crippen LogP contribution in [0.2, 0.25) is 0 Å². The minimum atomic E-state index is -0.487. The average Bonchev–Trinajstić information content (AvgIpc) is 2.57. The molecular weight excluding hydrogens is 337 g/mol. The van der Waals surface area contributed by atoms with Crippen molar-refractivity contribution in [2.45, 2.75) is 38.8 Å². The number of aliphatic hydroxyl groups excluding tert-OH is 1. The van der Waals surface area contributed by atoms with Crippen LogP contribution in [-0.2, 0) is 0 Å². The second-order valence-electron chi connectivity index (χ2n) is 6.65. The molecule has 1 saturated carbocycles. The summed E-state index contributed by atoms with van der Waals surface area (Å²) < 4.78 is 19.1. The fourth-order valence-electron chi connectivity index (χ4n) is 3.28. The van der Waals surface area contributed by atoms with Crippen molar-refractivity contribution in [3.8, 4) is 5.75 Å². The van der Waals surface area contributed by atoms with Crippen molar-refractivity contribution >= 4 is 5.91 Å². The van der Waals surface area contributed by atoms with Crippen molar-refractivity contribution in [3.63, 3.8) is 0 Å². The standard InChI is InChI=1S/C19H22FN3O3/c1-10-15(9-21-11(2)22-10)19(25)23-18(13-6-14(24)7-13)12-4-5-17(26-3)16(20)8-12/h4-5,8-9,13-14,18,24H,6-7H2,1-3H3,(H,23,25)/t13?,14?,18-/m1/s1. The number of methoxy groups -OCH3 is 1. The van der Waals surface area contributed by atoms with Crippen molar-refractivity contribution in [2.24, 2.45) is 5.92 Å². The molecule has 1 aliphatic carbocycles. The van der Waals surface area contributed by atoms with Gasteiger partial charge in [0.25, 0.3) is 5.91 Å². The highest BCUT2D eigenvalue weighted by molar-refractivity contribution is 5.95. The third-order valence-corrected chi connectivity index (χ3v) is 4.79. The predicted molar refractivity (Wildman–Crippen MR) is 93.4 cm³/mol. The molecule has 1 atom stereocenters.